The van der Waals surface area contributed by atoms with Crippen molar-refractivity contribution in [2.24, 2.45) is 0 Å². The van der Waals surface area contributed by atoms with Crippen LogP contribution in [0.25, 0.3) is 0 Å². The van der Waals surface area contributed by atoms with Gasteiger partial charge in [0.2, 0.25) is 10.0 Å². The van der Waals surface area contributed by atoms with Crippen molar-refractivity contribution in [1.29, 1.82) is 0 Å². The number of anilines is 2. The number of nitrogens with one attached hydrogen (secondary N) is 1. The average molecular weight is 374 g/mol. The van der Waals surface area contributed by atoms with Crippen molar-refractivity contribution in [1.82, 2.24) is 0 Å². The standard InChI is InChI=1S/C19H22N2O4S/c1-14-12-15(19(22)20-16-6-5-7-17(13-16)25-2)8-9-18(14)21-10-3-4-11-26(21,23)24/h5-9,12-13H,3-4,10-11H2,1-2H3,(H,20,22). The zero-order chi connectivity index (χ0) is 18.7. The van der Waals surface area contributed by atoms with Gasteiger partial charge in [0.15, 0.2) is 0 Å². The van der Waals surface area contributed by atoms with E-state index in [1.807, 2.05) is 6.92 Å². The lowest BCUT2D eigenvalue weighted by atomic mass is 10.1. The fourth-order valence-electron chi connectivity index (χ4n) is 3.04. The first-order valence-corrected chi connectivity index (χ1v) is 10.1. The third-order valence-electron chi connectivity index (χ3n) is 4.40. The van der Waals surface area contributed by atoms with E-state index in [2.05, 4.69) is 5.32 Å². The molecule has 7 heteroatoms. The van der Waals surface area contributed by atoms with E-state index < -0.39 is 10.0 Å². The summed E-state index contributed by atoms with van der Waals surface area (Å²) < 4.78 is 31.2. The van der Waals surface area contributed by atoms with Gasteiger partial charge in [0, 0.05) is 23.9 Å². The number of hydrogen-bond acceptors (Lipinski definition) is 4. The number of rotatable bonds is 4. The Morgan fingerprint density at radius 3 is 2.65 bits per heavy atom. The van der Waals surface area contributed by atoms with E-state index in [9.17, 15) is 13.2 Å². The van der Waals surface area contributed by atoms with Crippen molar-refractivity contribution in [3.05, 3.63) is 53.6 Å². The molecule has 0 saturated carbocycles. The maximum atomic E-state index is 12.5. The molecule has 3 rings (SSSR count). The lowest BCUT2D eigenvalue weighted by molar-refractivity contribution is 0.102. The van der Waals surface area contributed by atoms with Crippen LogP contribution in [0.15, 0.2) is 42.5 Å². The summed E-state index contributed by atoms with van der Waals surface area (Å²) in [6.45, 7) is 2.31. The summed E-state index contributed by atoms with van der Waals surface area (Å²) in [5, 5.41) is 2.82. The van der Waals surface area contributed by atoms with Gasteiger partial charge < -0.3 is 10.1 Å². The molecule has 138 valence electrons. The summed E-state index contributed by atoms with van der Waals surface area (Å²) in [7, 11) is -1.70. The van der Waals surface area contributed by atoms with Gasteiger partial charge in [-0.2, -0.15) is 0 Å². The van der Waals surface area contributed by atoms with Crippen LogP contribution >= 0.6 is 0 Å². The van der Waals surface area contributed by atoms with Crippen LogP contribution in [0.2, 0.25) is 0 Å². The Balaban J connectivity index is 1.81. The molecule has 6 nitrogen and oxygen atoms in total. The van der Waals surface area contributed by atoms with Crippen LogP contribution in [0.1, 0.15) is 28.8 Å². The highest BCUT2D eigenvalue weighted by molar-refractivity contribution is 7.92. The highest BCUT2D eigenvalue weighted by atomic mass is 32.2. The number of ether oxygens (including phenoxy) is 1. The van der Waals surface area contributed by atoms with Crippen LogP contribution in [0, 0.1) is 6.92 Å². The molecule has 0 bridgehead atoms. The van der Waals surface area contributed by atoms with Crippen LogP contribution in [0.3, 0.4) is 0 Å². The molecule has 0 atom stereocenters. The number of sulfonamides is 1. The highest BCUT2D eigenvalue weighted by Crippen LogP contribution is 2.28. The first-order chi connectivity index (χ1) is 12.4. The average Bonchev–Trinajstić information content (AvgIpc) is 2.62. The van der Waals surface area contributed by atoms with Crippen molar-refractivity contribution >= 4 is 27.3 Å². The van der Waals surface area contributed by atoms with Gasteiger partial charge in [-0.05, 0) is 55.7 Å². The Morgan fingerprint density at radius 1 is 1.15 bits per heavy atom. The number of aryl methyl sites for hydroxylation is 1. The normalized spacial score (nSPS) is 16.2. The zero-order valence-electron chi connectivity index (χ0n) is 14.9. The van der Waals surface area contributed by atoms with Gasteiger partial charge >= 0.3 is 0 Å². The lowest BCUT2D eigenvalue weighted by Gasteiger charge is -2.29. The maximum Gasteiger partial charge on any atom is 0.255 e. The second-order valence-electron chi connectivity index (χ2n) is 6.28. The molecule has 1 fully saturated rings. The largest absolute Gasteiger partial charge is 0.497 e. The summed E-state index contributed by atoms with van der Waals surface area (Å²) in [6, 6.07) is 12.2. The van der Waals surface area contributed by atoms with Gasteiger partial charge in [-0.25, -0.2) is 8.42 Å². The molecule has 0 aromatic heterocycles. The van der Waals surface area contributed by atoms with Crippen molar-refractivity contribution in [3.8, 4) is 5.75 Å². The number of hydrogen-bond donors (Lipinski definition) is 1. The van der Waals surface area contributed by atoms with Crippen LogP contribution in [0.4, 0.5) is 11.4 Å². The lowest BCUT2D eigenvalue weighted by Crippen LogP contribution is -2.38. The van der Waals surface area contributed by atoms with E-state index >= 15 is 0 Å². The molecule has 0 aliphatic carbocycles. The molecule has 0 radical (unpaired) electrons. The predicted octanol–water partition coefficient (Wildman–Crippen LogP) is 3.19. The molecule has 0 unspecified atom stereocenters. The number of carbonyl (C=O) groups excluding carboxylic acids is 1. The van der Waals surface area contributed by atoms with Gasteiger partial charge in [-0.1, -0.05) is 6.07 Å². The SMILES string of the molecule is COc1cccc(NC(=O)c2ccc(N3CCCCS3(=O)=O)c(C)c2)c1. The molecule has 1 heterocycles. The molecule has 2 aromatic rings. The van der Waals surface area contributed by atoms with Crippen molar-refractivity contribution in [2.75, 3.05) is 29.0 Å². The summed E-state index contributed by atoms with van der Waals surface area (Å²) in [5.41, 5.74) is 2.51. The molecule has 1 N–H and O–H groups in total. The maximum absolute atomic E-state index is 12.5. The number of nitrogens with zero attached hydrogens (tertiary/aromatic N) is 1. The molecular weight excluding hydrogens is 352 g/mol. The third-order valence-corrected chi connectivity index (χ3v) is 6.26. The van der Waals surface area contributed by atoms with Crippen molar-refractivity contribution in [3.63, 3.8) is 0 Å². The van der Waals surface area contributed by atoms with E-state index in [1.165, 1.54) is 4.31 Å². The van der Waals surface area contributed by atoms with Crippen LogP contribution < -0.4 is 14.4 Å². The Bertz CT molecular complexity index is 925. The minimum Gasteiger partial charge on any atom is -0.497 e. The predicted molar refractivity (Wildman–Crippen MR) is 102 cm³/mol. The monoisotopic (exact) mass is 374 g/mol. The van der Waals surface area contributed by atoms with E-state index in [-0.39, 0.29) is 11.7 Å². The minimum absolute atomic E-state index is 0.171. The van der Waals surface area contributed by atoms with E-state index in [4.69, 9.17) is 4.74 Å². The van der Waals surface area contributed by atoms with Crippen LogP contribution in [0.5, 0.6) is 5.75 Å². The number of benzene rings is 2. The highest BCUT2D eigenvalue weighted by Gasteiger charge is 2.27. The van der Waals surface area contributed by atoms with Crippen LogP contribution in [-0.4, -0.2) is 33.7 Å². The second-order valence-corrected chi connectivity index (χ2v) is 8.30. The van der Waals surface area contributed by atoms with E-state index in [0.29, 0.717) is 35.7 Å². The van der Waals surface area contributed by atoms with E-state index in [0.717, 1.165) is 12.0 Å². The third kappa shape index (κ3) is 3.83. The quantitative estimate of drug-likeness (QED) is 0.892. The van der Waals surface area contributed by atoms with Gasteiger partial charge in [0.05, 0.1) is 18.6 Å². The fraction of sp³-hybridized carbons (Fsp3) is 0.316. The molecule has 2 aromatic carbocycles. The van der Waals surface area contributed by atoms with Gasteiger partial charge in [0.1, 0.15) is 5.75 Å². The number of amides is 1. The smallest absolute Gasteiger partial charge is 0.255 e. The van der Waals surface area contributed by atoms with Gasteiger partial charge in [0.25, 0.3) is 5.91 Å². The summed E-state index contributed by atoms with van der Waals surface area (Å²) in [5.74, 6) is 0.573. The fourth-order valence-corrected chi connectivity index (χ4v) is 4.74. The first kappa shape index (κ1) is 18.3. The molecule has 1 saturated heterocycles. The molecule has 26 heavy (non-hydrogen) atoms. The Labute approximate surface area is 153 Å². The van der Waals surface area contributed by atoms with Gasteiger partial charge in [-0.15, -0.1) is 0 Å². The minimum atomic E-state index is -3.27. The van der Waals surface area contributed by atoms with Gasteiger partial charge in [-0.3, -0.25) is 9.10 Å². The Hall–Kier alpha value is -2.54. The summed E-state index contributed by atoms with van der Waals surface area (Å²) >= 11 is 0. The van der Waals surface area contributed by atoms with Crippen molar-refractivity contribution < 1.29 is 17.9 Å². The summed E-state index contributed by atoms with van der Waals surface area (Å²) in [4.78, 5) is 12.5. The van der Waals surface area contributed by atoms with E-state index in [1.54, 1.807) is 49.6 Å². The Kier molecular flexibility index (Phi) is 5.18. The number of methoxy groups -OCH3 is 1. The molecule has 0 spiro atoms. The second kappa shape index (κ2) is 7.37. The number of carbonyl (C=O) groups is 1. The first-order valence-electron chi connectivity index (χ1n) is 8.47. The molecule has 1 aliphatic heterocycles. The summed E-state index contributed by atoms with van der Waals surface area (Å²) in [6.07, 6.45) is 1.54. The molecule has 1 amide bonds. The zero-order valence-corrected chi connectivity index (χ0v) is 15.7. The molecular formula is C19H22N2O4S. The molecule has 1 aliphatic rings. The Morgan fingerprint density at radius 2 is 1.96 bits per heavy atom. The van der Waals surface area contributed by atoms with Crippen molar-refractivity contribution in [2.45, 2.75) is 19.8 Å². The topological polar surface area (TPSA) is 75.7 Å². The van der Waals surface area contributed by atoms with Crippen LogP contribution in [-0.2, 0) is 10.0 Å².